The molecule has 2 rings (SSSR count). The summed E-state index contributed by atoms with van der Waals surface area (Å²) >= 11 is 0. The normalized spacial score (nSPS) is 19.1. The Balaban J connectivity index is 2.06. The van der Waals surface area contributed by atoms with Crippen molar-refractivity contribution in [1.82, 2.24) is 20.1 Å². The molecule has 0 bridgehead atoms. The van der Waals surface area contributed by atoms with Crippen molar-refractivity contribution >= 4 is 0 Å². The molecule has 0 radical (unpaired) electrons. The number of hydrogen-bond donors (Lipinski definition) is 2. The van der Waals surface area contributed by atoms with Crippen LogP contribution in [0.25, 0.3) is 0 Å². The van der Waals surface area contributed by atoms with E-state index in [9.17, 15) is 0 Å². The summed E-state index contributed by atoms with van der Waals surface area (Å²) in [5.41, 5.74) is 4.18. The van der Waals surface area contributed by atoms with Gasteiger partial charge in [0, 0.05) is 30.2 Å². The third kappa shape index (κ3) is 3.84. The van der Waals surface area contributed by atoms with Crippen LogP contribution in [0.5, 0.6) is 0 Å². The first-order valence-corrected chi connectivity index (χ1v) is 8.20. The summed E-state index contributed by atoms with van der Waals surface area (Å²) in [5, 5.41) is 4.66. The molecule has 1 unspecified atom stereocenters. The molecule has 0 spiro atoms. The Labute approximate surface area is 128 Å². The zero-order valence-corrected chi connectivity index (χ0v) is 14.0. The number of hydrazine groups is 1. The Morgan fingerprint density at radius 3 is 2.48 bits per heavy atom. The number of piperidine rings is 1. The third-order valence-electron chi connectivity index (χ3n) is 4.83. The van der Waals surface area contributed by atoms with Crippen molar-refractivity contribution in [3.8, 4) is 0 Å². The van der Waals surface area contributed by atoms with Crippen molar-refractivity contribution in [2.75, 3.05) is 13.1 Å². The maximum Gasteiger partial charge on any atom is 0.0641 e. The first kappa shape index (κ1) is 16.5. The fraction of sp³-hybridized carbons (Fsp3) is 0.812. The zero-order valence-electron chi connectivity index (χ0n) is 14.0. The van der Waals surface area contributed by atoms with Crippen molar-refractivity contribution in [2.45, 2.75) is 71.0 Å². The quantitative estimate of drug-likeness (QED) is 0.623. The van der Waals surface area contributed by atoms with Crippen molar-refractivity contribution in [3.63, 3.8) is 0 Å². The van der Waals surface area contributed by atoms with Crippen LogP contribution in [0.3, 0.4) is 0 Å². The van der Waals surface area contributed by atoms with Gasteiger partial charge in [-0.3, -0.25) is 20.9 Å². The van der Waals surface area contributed by atoms with Crippen molar-refractivity contribution in [1.29, 1.82) is 0 Å². The highest BCUT2D eigenvalue weighted by Crippen LogP contribution is 2.25. The Kier molecular flexibility index (Phi) is 5.41. The highest BCUT2D eigenvalue weighted by Gasteiger charge is 2.35. The van der Waals surface area contributed by atoms with E-state index in [1.165, 1.54) is 32.4 Å². The topological polar surface area (TPSA) is 59.1 Å². The smallest absolute Gasteiger partial charge is 0.0641 e. The summed E-state index contributed by atoms with van der Waals surface area (Å²) in [6.45, 7) is 11.2. The van der Waals surface area contributed by atoms with E-state index in [1.54, 1.807) is 0 Å². The van der Waals surface area contributed by atoms with Crippen LogP contribution in [0, 0.1) is 0 Å². The first-order valence-electron chi connectivity index (χ1n) is 8.20. The lowest BCUT2D eigenvalue weighted by Gasteiger charge is -2.45. The molecular weight excluding hydrogens is 262 g/mol. The number of nitrogens with zero attached hydrogens (tertiary/aromatic N) is 3. The van der Waals surface area contributed by atoms with Gasteiger partial charge < -0.3 is 0 Å². The van der Waals surface area contributed by atoms with Gasteiger partial charge in [-0.15, -0.1) is 0 Å². The van der Waals surface area contributed by atoms with E-state index in [2.05, 4.69) is 55.4 Å². The lowest BCUT2D eigenvalue weighted by molar-refractivity contribution is 0.0607. The van der Waals surface area contributed by atoms with Crippen LogP contribution in [0.1, 0.15) is 58.7 Å². The second-order valence-corrected chi connectivity index (χ2v) is 7.01. The van der Waals surface area contributed by atoms with Crippen LogP contribution in [-0.4, -0.2) is 39.4 Å². The predicted molar refractivity (Wildman–Crippen MR) is 86.9 cm³/mol. The molecule has 1 saturated heterocycles. The summed E-state index contributed by atoms with van der Waals surface area (Å²) in [6.07, 6.45) is 6.86. The Morgan fingerprint density at radius 2 is 1.95 bits per heavy atom. The largest absolute Gasteiger partial charge is 0.297 e. The van der Waals surface area contributed by atoms with Gasteiger partial charge in [0.1, 0.15) is 0 Å². The van der Waals surface area contributed by atoms with E-state index in [-0.39, 0.29) is 11.6 Å². The molecule has 21 heavy (non-hydrogen) atoms. The molecule has 0 saturated carbocycles. The van der Waals surface area contributed by atoms with Crippen LogP contribution in [0.15, 0.2) is 12.3 Å². The van der Waals surface area contributed by atoms with Gasteiger partial charge in [-0.25, -0.2) is 0 Å². The van der Waals surface area contributed by atoms with Gasteiger partial charge in [0.05, 0.1) is 5.69 Å². The molecule has 1 aliphatic heterocycles. The average Bonchev–Trinajstić information content (AvgIpc) is 2.94. The van der Waals surface area contributed by atoms with Gasteiger partial charge in [-0.1, -0.05) is 6.42 Å². The second kappa shape index (κ2) is 6.90. The van der Waals surface area contributed by atoms with Crippen molar-refractivity contribution < 1.29 is 0 Å². The summed E-state index contributed by atoms with van der Waals surface area (Å²) in [7, 11) is 0. The summed E-state index contributed by atoms with van der Waals surface area (Å²) in [4.78, 5) is 2.57. The van der Waals surface area contributed by atoms with Gasteiger partial charge in [-0.05, 0) is 59.7 Å². The van der Waals surface area contributed by atoms with Gasteiger partial charge in [-0.2, -0.15) is 5.10 Å². The summed E-state index contributed by atoms with van der Waals surface area (Å²) in [5.74, 6) is 5.87. The summed E-state index contributed by atoms with van der Waals surface area (Å²) in [6, 6.07) is 2.71. The molecule has 5 heteroatoms. The molecule has 1 atom stereocenters. The molecule has 1 fully saturated rings. The zero-order chi connectivity index (χ0) is 15.5. The SMILES string of the molecule is CC(C)n1ccc(CC(NN)C(C)(C)N2CCCCC2)n1. The number of nitrogens with two attached hydrogens (primary N) is 1. The van der Waals surface area contributed by atoms with E-state index in [0.717, 1.165) is 12.1 Å². The third-order valence-corrected chi connectivity index (χ3v) is 4.83. The highest BCUT2D eigenvalue weighted by molar-refractivity contribution is 5.06. The number of aromatic nitrogens is 2. The number of rotatable bonds is 6. The van der Waals surface area contributed by atoms with Crippen LogP contribution in [0.4, 0.5) is 0 Å². The van der Waals surface area contributed by atoms with Crippen LogP contribution < -0.4 is 11.3 Å². The number of nitrogens with one attached hydrogen (secondary N) is 1. The number of likely N-dealkylation sites (tertiary alicyclic amines) is 1. The molecule has 2 heterocycles. The van der Waals surface area contributed by atoms with E-state index >= 15 is 0 Å². The minimum absolute atomic E-state index is 0.0385. The Morgan fingerprint density at radius 1 is 1.29 bits per heavy atom. The van der Waals surface area contributed by atoms with E-state index in [0.29, 0.717) is 6.04 Å². The van der Waals surface area contributed by atoms with Crippen LogP contribution >= 0.6 is 0 Å². The molecule has 3 N–H and O–H groups in total. The second-order valence-electron chi connectivity index (χ2n) is 7.01. The Hall–Kier alpha value is -0.910. The standard InChI is InChI=1S/C16H31N5/c1-13(2)21-11-8-14(19-21)12-15(18-17)16(3,4)20-9-6-5-7-10-20/h8,11,13,15,18H,5-7,9-10,12,17H2,1-4H3. The number of hydrogen-bond acceptors (Lipinski definition) is 4. The predicted octanol–water partition coefficient (Wildman–Crippen LogP) is 2.10. The van der Waals surface area contributed by atoms with Gasteiger partial charge >= 0.3 is 0 Å². The first-order chi connectivity index (χ1) is 9.95. The van der Waals surface area contributed by atoms with Gasteiger partial charge in [0.25, 0.3) is 0 Å². The van der Waals surface area contributed by atoms with Crippen molar-refractivity contribution in [3.05, 3.63) is 18.0 Å². The molecular formula is C16H31N5. The molecule has 0 aromatic carbocycles. The van der Waals surface area contributed by atoms with Gasteiger partial charge in [0.2, 0.25) is 0 Å². The summed E-state index contributed by atoms with van der Waals surface area (Å²) < 4.78 is 2.01. The molecule has 0 aliphatic carbocycles. The maximum atomic E-state index is 5.87. The molecule has 1 aromatic heterocycles. The van der Waals surface area contributed by atoms with E-state index < -0.39 is 0 Å². The minimum atomic E-state index is 0.0385. The molecule has 0 amide bonds. The van der Waals surface area contributed by atoms with Crippen LogP contribution in [0.2, 0.25) is 0 Å². The minimum Gasteiger partial charge on any atom is -0.297 e. The fourth-order valence-electron chi connectivity index (χ4n) is 3.19. The fourth-order valence-corrected chi connectivity index (χ4v) is 3.19. The van der Waals surface area contributed by atoms with Crippen LogP contribution in [-0.2, 0) is 6.42 Å². The van der Waals surface area contributed by atoms with E-state index in [4.69, 9.17) is 5.84 Å². The molecule has 1 aromatic rings. The average molecular weight is 293 g/mol. The Bertz CT molecular complexity index is 432. The van der Waals surface area contributed by atoms with Gasteiger partial charge in [0.15, 0.2) is 0 Å². The van der Waals surface area contributed by atoms with Crippen molar-refractivity contribution in [2.24, 2.45) is 5.84 Å². The lowest BCUT2D eigenvalue weighted by atomic mass is 9.87. The maximum absolute atomic E-state index is 5.87. The monoisotopic (exact) mass is 293 g/mol. The van der Waals surface area contributed by atoms with E-state index in [1.807, 2.05) is 4.68 Å². The molecule has 5 nitrogen and oxygen atoms in total. The lowest BCUT2D eigenvalue weighted by Crippen LogP contribution is -2.61. The molecule has 1 aliphatic rings. The molecule has 120 valence electrons. The highest BCUT2D eigenvalue weighted by atomic mass is 15.3.